The molecule has 7 nitrogen and oxygen atoms in total. The molecular weight excluding hydrogens is 300 g/mol. The van der Waals surface area contributed by atoms with Gasteiger partial charge in [0.05, 0.1) is 18.3 Å². The standard InChI is InChI=1S/C14H10N6OS/c15-6-10-3-4-13(16-7-10)17-14(21)12-9-20(19-18-12)8-11-2-1-5-22-11/h1-5,7,9H,8H2,(H,16,17,21). The van der Waals surface area contributed by atoms with Gasteiger partial charge in [-0.25, -0.2) is 9.67 Å². The number of pyridine rings is 1. The van der Waals surface area contributed by atoms with Gasteiger partial charge in [-0.15, -0.1) is 16.4 Å². The second-order valence-electron chi connectivity index (χ2n) is 4.38. The molecule has 0 aliphatic heterocycles. The molecule has 1 N–H and O–H groups in total. The Morgan fingerprint density at radius 1 is 1.41 bits per heavy atom. The third-order valence-corrected chi connectivity index (χ3v) is 3.66. The molecule has 1 amide bonds. The van der Waals surface area contributed by atoms with Gasteiger partial charge >= 0.3 is 0 Å². The molecule has 0 aromatic carbocycles. The van der Waals surface area contributed by atoms with Gasteiger partial charge < -0.3 is 5.32 Å². The highest BCUT2D eigenvalue weighted by Gasteiger charge is 2.12. The van der Waals surface area contributed by atoms with Crippen molar-refractivity contribution in [2.45, 2.75) is 6.54 Å². The summed E-state index contributed by atoms with van der Waals surface area (Å²) in [6, 6.07) is 9.06. The van der Waals surface area contributed by atoms with Crippen LogP contribution in [0.5, 0.6) is 0 Å². The van der Waals surface area contributed by atoms with Crippen LogP contribution in [0.4, 0.5) is 5.82 Å². The number of nitriles is 1. The van der Waals surface area contributed by atoms with Crippen LogP contribution in [-0.2, 0) is 6.54 Å². The molecule has 0 unspecified atom stereocenters. The molecule has 0 saturated carbocycles. The van der Waals surface area contributed by atoms with Gasteiger partial charge in [-0.1, -0.05) is 11.3 Å². The lowest BCUT2D eigenvalue weighted by molar-refractivity contribution is 0.102. The van der Waals surface area contributed by atoms with Crippen LogP contribution >= 0.6 is 11.3 Å². The Morgan fingerprint density at radius 2 is 2.32 bits per heavy atom. The number of hydrogen-bond donors (Lipinski definition) is 1. The first-order chi connectivity index (χ1) is 10.7. The van der Waals surface area contributed by atoms with Gasteiger partial charge in [0.15, 0.2) is 5.69 Å². The Morgan fingerprint density at radius 3 is 3.00 bits per heavy atom. The highest BCUT2D eigenvalue weighted by atomic mass is 32.1. The summed E-state index contributed by atoms with van der Waals surface area (Å²) in [6.45, 7) is 0.576. The summed E-state index contributed by atoms with van der Waals surface area (Å²) in [5, 5.41) is 21.1. The Balaban J connectivity index is 1.67. The molecule has 3 aromatic rings. The van der Waals surface area contributed by atoms with E-state index in [1.807, 2.05) is 23.6 Å². The van der Waals surface area contributed by atoms with Crippen molar-refractivity contribution in [2.24, 2.45) is 0 Å². The Hall–Kier alpha value is -3.05. The molecule has 0 radical (unpaired) electrons. The van der Waals surface area contributed by atoms with Crippen molar-refractivity contribution >= 4 is 23.1 Å². The average Bonchev–Trinajstić information content (AvgIpc) is 3.20. The maximum absolute atomic E-state index is 12.1. The fourth-order valence-electron chi connectivity index (χ4n) is 1.76. The van der Waals surface area contributed by atoms with Gasteiger partial charge in [0.25, 0.3) is 5.91 Å². The lowest BCUT2D eigenvalue weighted by atomic mass is 10.3. The highest BCUT2D eigenvalue weighted by molar-refractivity contribution is 7.09. The Kier molecular flexibility index (Phi) is 3.89. The van der Waals surface area contributed by atoms with E-state index < -0.39 is 5.91 Å². The third-order valence-electron chi connectivity index (χ3n) is 2.80. The quantitative estimate of drug-likeness (QED) is 0.794. The second-order valence-corrected chi connectivity index (χ2v) is 5.41. The van der Waals surface area contributed by atoms with Gasteiger partial charge in [-0.2, -0.15) is 5.26 Å². The van der Waals surface area contributed by atoms with Gasteiger partial charge in [-0.3, -0.25) is 4.79 Å². The minimum atomic E-state index is -0.394. The molecule has 0 atom stereocenters. The maximum Gasteiger partial charge on any atom is 0.278 e. The van der Waals surface area contributed by atoms with Gasteiger partial charge in [0.1, 0.15) is 11.9 Å². The molecule has 3 aromatic heterocycles. The Labute approximate surface area is 129 Å². The maximum atomic E-state index is 12.1. The normalized spacial score (nSPS) is 10.1. The summed E-state index contributed by atoms with van der Waals surface area (Å²) >= 11 is 1.62. The monoisotopic (exact) mass is 310 g/mol. The largest absolute Gasteiger partial charge is 0.305 e. The summed E-state index contributed by atoms with van der Waals surface area (Å²) in [5.41, 5.74) is 0.641. The number of carbonyl (C=O) groups excluding carboxylic acids is 1. The second kappa shape index (κ2) is 6.15. The minimum Gasteiger partial charge on any atom is -0.305 e. The van der Waals surface area contributed by atoms with Gasteiger partial charge in [0.2, 0.25) is 0 Å². The van der Waals surface area contributed by atoms with Crippen LogP contribution in [0, 0.1) is 11.3 Å². The number of nitrogens with one attached hydrogen (secondary N) is 1. The van der Waals surface area contributed by atoms with E-state index in [0.717, 1.165) is 4.88 Å². The van der Waals surface area contributed by atoms with Crippen molar-refractivity contribution < 1.29 is 4.79 Å². The molecule has 22 heavy (non-hydrogen) atoms. The first-order valence-electron chi connectivity index (χ1n) is 6.34. The predicted octanol–water partition coefficient (Wildman–Crippen LogP) is 1.91. The van der Waals surface area contributed by atoms with Crippen molar-refractivity contribution in [1.29, 1.82) is 5.26 Å². The van der Waals surface area contributed by atoms with Crippen LogP contribution < -0.4 is 5.32 Å². The van der Waals surface area contributed by atoms with Crippen LogP contribution in [0.2, 0.25) is 0 Å². The van der Waals surface area contributed by atoms with E-state index in [1.165, 1.54) is 6.20 Å². The number of thiophene rings is 1. The number of rotatable bonds is 4. The molecule has 8 heteroatoms. The fraction of sp³-hybridized carbons (Fsp3) is 0.0714. The van der Waals surface area contributed by atoms with Crippen molar-refractivity contribution in [1.82, 2.24) is 20.0 Å². The summed E-state index contributed by atoms with van der Waals surface area (Å²) in [4.78, 5) is 17.2. The number of nitrogens with zero attached hydrogens (tertiary/aromatic N) is 5. The SMILES string of the molecule is N#Cc1ccc(NC(=O)c2cn(Cc3cccs3)nn2)nc1. The van der Waals surface area contributed by atoms with Gasteiger partial charge in [-0.05, 0) is 23.6 Å². The summed E-state index contributed by atoms with van der Waals surface area (Å²) in [6.07, 6.45) is 2.97. The van der Waals surface area contributed by atoms with Crippen LogP contribution in [0.15, 0.2) is 42.0 Å². The van der Waals surface area contributed by atoms with Crippen LogP contribution in [0.3, 0.4) is 0 Å². The number of amides is 1. The lowest BCUT2D eigenvalue weighted by Gasteiger charge is -2.01. The van der Waals surface area contributed by atoms with E-state index in [9.17, 15) is 4.79 Å². The van der Waals surface area contributed by atoms with Crippen molar-refractivity contribution in [3.8, 4) is 6.07 Å². The van der Waals surface area contributed by atoms with Crippen molar-refractivity contribution in [3.63, 3.8) is 0 Å². The molecule has 0 aliphatic carbocycles. The fourth-order valence-corrected chi connectivity index (χ4v) is 2.45. The van der Waals surface area contributed by atoms with E-state index in [2.05, 4.69) is 20.6 Å². The van der Waals surface area contributed by atoms with Crippen LogP contribution in [0.25, 0.3) is 0 Å². The predicted molar refractivity (Wildman–Crippen MR) is 80.3 cm³/mol. The number of hydrogen-bond acceptors (Lipinski definition) is 6. The molecule has 0 fully saturated rings. The van der Waals surface area contributed by atoms with E-state index in [0.29, 0.717) is 17.9 Å². The smallest absolute Gasteiger partial charge is 0.278 e. The summed E-state index contributed by atoms with van der Waals surface area (Å²) in [5.74, 6) is -0.0357. The van der Waals surface area contributed by atoms with Crippen LogP contribution in [-0.4, -0.2) is 25.9 Å². The summed E-state index contributed by atoms with van der Waals surface area (Å²) < 4.78 is 1.60. The molecule has 0 aliphatic rings. The molecule has 108 valence electrons. The molecule has 3 rings (SSSR count). The zero-order valence-electron chi connectivity index (χ0n) is 11.3. The first-order valence-corrected chi connectivity index (χ1v) is 7.22. The zero-order valence-corrected chi connectivity index (χ0v) is 12.1. The van der Waals surface area contributed by atoms with Crippen molar-refractivity contribution in [2.75, 3.05) is 5.32 Å². The molecule has 0 saturated heterocycles. The minimum absolute atomic E-state index is 0.211. The molecular formula is C14H10N6OS. The molecule has 0 bridgehead atoms. The van der Waals surface area contributed by atoms with E-state index in [4.69, 9.17) is 5.26 Å². The van der Waals surface area contributed by atoms with E-state index in [-0.39, 0.29) is 5.69 Å². The molecule has 0 spiro atoms. The average molecular weight is 310 g/mol. The van der Waals surface area contributed by atoms with Gasteiger partial charge in [0, 0.05) is 11.1 Å². The lowest BCUT2D eigenvalue weighted by Crippen LogP contribution is -2.13. The summed E-state index contributed by atoms with van der Waals surface area (Å²) in [7, 11) is 0. The van der Waals surface area contributed by atoms with Crippen molar-refractivity contribution in [3.05, 3.63) is 58.2 Å². The third kappa shape index (κ3) is 3.16. The molecule has 3 heterocycles. The topological polar surface area (TPSA) is 96.5 Å². The van der Waals surface area contributed by atoms with Crippen LogP contribution in [0.1, 0.15) is 20.9 Å². The number of anilines is 1. The zero-order chi connectivity index (χ0) is 15.4. The highest BCUT2D eigenvalue weighted by Crippen LogP contribution is 2.10. The van der Waals surface area contributed by atoms with E-state index in [1.54, 1.807) is 34.3 Å². The Bertz CT molecular complexity index is 816. The number of aromatic nitrogens is 4. The number of carbonyl (C=O) groups is 1. The first kappa shape index (κ1) is 13.9. The van der Waals surface area contributed by atoms with E-state index >= 15 is 0 Å².